The highest BCUT2D eigenvalue weighted by Crippen LogP contribution is 2.32. The molecule has 5 rings (SSSR count). The molecule has 1 amide bonds. The number of amides is 1. The van der Waals surface area contributed by atoms with Gasteiger partial charge in [0.1, 0.15) is 5.75 Å². The summed E-state index contributed by atoms with van der Waals surface area (Å²) in [5, 5.41) is 5.53. The fraction of sp³-hybridized carbons (Fsp3) is 0.111. The molecule has 0 saturated carbocycles. The number of rotatable bonds is 6. The number of hydrogen-bond acceptors (Lipinski definition) is 4. The molecule has 176 valence electrons. The molecule has 4 aromatic rings. The zero-order chi connectivity index (χ0) is 24.4. The van der Waals surface area contributed by atoms with Gasteiger partial charge in [0.05, 0.1) is 27.2 Å². The highest BCUT2D eigenvalue weighted by Gasteiger charge is 2.24. The number of fused-ring (bicyclic) bond motifs is 1. The van der Waals surface area contributed by atoms with E-state index in [0.29, 0.717) is 33.3 Å². The minimum Gasteiger partial charge on any atom is -0.494 e. The van der Waals surface area contributed by atoms with Crippen LogP contribution in [0.25, 0.3) is 17.0 Å². The van der Waals surface area contributed by atoms with Crippen molar-refractivity contribution in [2.24, 2.45) is 4.99 Å². The summed E-state index contributed by atoms with van der Waals surface area (Å²) in [6.45, 7) is 3.18. The van der Waals surface area contributed by atoms with Gasteiger partial charge in [0, 0.05) is 29.2 Å². The first-order valence-corrected chi connectivity index (χ1v) is 12.6. The predicted octanol–water partition coefficient (Wildman–Crippen LogP) is 7.29. The molecule has 3 aromatic carbocycles. The highest BCUT2D eigenvalue weighted by atomic mass is 35.5. The van der Waals surface area contributed by atoms with Crippen molar-refractivity contribution in [2.75, 3.05) is 6.61 Å². The molecule has 8 heteroatoms. The van der Waals surface area contributed by atoms with Crippen LogP contribution in [-0.2, 0) is 11.3 Å². The molecule has 0 atom stereocenters. The minimum absolute atomic E-state index is 0.166. The lowest BCUT2D eigenvalue weighted by Gasteiger charge is -2.06. The molecule has 1 N–H and O–H groups in total. The van der Waals surface area contributed by atoms with Crippen LogP contribution >= 0.6 is 35.0 Å². The van der Waals surface area contributed by atoms with Gasteiger partial charge in [0.25, 0.3) is 5.91 Å². The van der Waals surface area contributed by atoms with E-state index in [1.165, 1.54) is 11.8 Å². The molecule has 35 heavy (non-hydrogen) atoms. The Hall–Kier alpha value is -3.19. The average Bonchev–Trinajstić information content (AvgIpc) is 3.37. The third-order valence-electron chi connectivity index (χ3n) is 5.47. The zero-order valence-electron chi connectivity index (χ0n) is 18.8. The van der Waals surface area contributed by atoms with Crippen LogP contribution in [0.1, 0.15) is 18.1 Å². The number of carbonyl (C=O) groups excluding carboxylic acids is 1. The van der Waals surface area contributed by atoms with E-state index in [4.69, 9.17) is 27.9 Å². The van der Waals surface area contributed by atoms with Crippen LogP contribution in [0.15, 0.2) is 82.8 Å². The Morgan fingerprint density at radius 2 is 1.86 bits per heavy atom. The third kappa shape index (κ3) is 5.25. The van der Waals surface area contributed by atoms with E-state index in [1.54, 1.807) is 6.07 Å². The summed E-state index contributed by atoms with van der Waals surface area (Å²) in [5.74, 6) is 0.624. The summed E-state index contributed by atoms with van der Waals surface area (Å²) < 4.78 is 7.62. The molecule has 1 aliphatic heterocycles. The minimum atomic E-state index is -0.166. The lowest BCUT2D eigenvalue weighted by atomic mass is 10.1. The Morgan fingerprint density at radius 1 is 1.06 bits per heavy atom. The van der Waals surface area contributed by atoms with Gasteiger partial charge in [-0.3, -0.25) is 4.79 Å². The van der Waals surface area contributed by atoms with Gasteiger partial charge >= 0.3 is 0 Å². The fourth-order valence-corrected chi connectivity index (χ4v) is 5.03. The summed E-state index contributed by atoms with van der Waals surface area (Å²) in [4.78, 5) is 17.8. The van der Waals surface area contributed by atoms with Gasteiger partial charge in [0.15, 0.2) is 5.17 Å². The number of nitrogens with one attached hydrogen (secondary N) is 1. The maximum absolute atomic E-state index is 12.7. The Morgan fingerprint density at radius 3 is 2.63 bits per heavy atom. The second-order valence-electron chi connectivity index (χ2n) is 7.89. The van der Waals surface area contributed by atoms with Crippen LogP contribution in [0.3, 0.4) is 0 Å². The number of aliphatic imine (C=N–C) groups is 1. The second-order valence-corrected chi connectivity index (χ2v) is 9.73. The van der Waals surface area contributed by atoms with Crippen molar-refractivity contribution in [2.45, 2.75) is 13.5 Å². The number of hydrogen-bond donors (Lipinski definition) is 1. The van der Waals surface area contributed by atoms with Crippen LogP contribution in [0.5, 0.6) is 5.75 Å². The number of aromatic nitrogens is 1. The van der Waals surface area contributed by atoms with E-state index in [2.05, 4.69) is 33.2 Å². The van der Waals surface area contributed by atoms with Crippen LogP contribution in [0.2, 0.25) is 10.0 Å². The van der Waals surface area contributed by atoms with Gasteiger partial charge in [-0.1, -0.05) is 47.5 Å². The molecular weight excluding hydrogens is 501 g/mol. The van der Waals surface area contributed by atoms with E-state index in [0.717, 1.165) is 33.5 Å². The molecule has 5 nitrogen and oxygen atoms in total. The summed E-state index contributed by atoms with van der Waals surface area (Å²) in [6.07, 6.45) is 3.96. The number of benzene rings is 3. The van der Waals surface area contributed by atoms with Crippen molar-refractivity contribution in [3.05, 3.63) is 99.0 Å². The molecule has 0 unspecified atom stereocenters. The molecule has 1 aliphatic rings. The molecule has 1 fully saturated rings. The van der Waals surface area contributed by atoms with E-state index >= 15 is 0 Å². The molecule has 0 radical (unpaired) electrons. The molecule has 0 bridgehead atoms. The second kappa shape index (κ2) is 10.2. The van der Waals surface area contributed by atoms with Crippen molar-refractivity contribution in [3.8, 4) is 5.75 Å². The Labute approximate surface area is 217 Å². The first-order chi connectivity index (χ1) is 17.0. The average molecular weight is 522 g/mol. The van der Waals surface area contributed by atoms with Crippen LogP contribution in [-0.4, -0.2) is 22.2 Å². The lowest BCUT2D eigenvalue weighted by molar-refractivity contribution is -0.115. The molecule has 2 heterocycles. The molecule has 0 aliphatic carbocycles. The van der Waals surface area contributed by atoms with E-state index in [9.17, 15) is 4.79 Å². The van der Waals surface area contributed by atoms with Crippen LogP contribution in [0.4, 0.5) is 5.69 Å². The smallest absolute Gasteiger partial charge is 0.264 e. The number of amidine groups is 1. The first kappa shape index (κ1) is 23.5. The van der Waals surface area contributed by atoms with Crippen LogP contribution in [0, 0.1) is 0 Å². The summed E-state index contributed by atoms with van der Waals surface area (Å²) in [7, 11) is 0. The number of carbonyl (C=O) groups is 1. The lowest BCUT2D eigenvalue weighted by Crippen LogP contribution is -2.19. The predicted molar refractivity (Wildman–Crippen MR) is 146 cm³/mol. The number of nitrogens with zero attached hydrogens (tertiary/aromatic N) is 2. The van der Waals surface area contributed by atoms with Gasteiger partial charge in [-0.25, -0.2) is 4.99 Å². The SMILES string of the molecule is CCOc1ccc(N=C2NC(=O)/C(=C\c3cn(Cc4ccc(Cl)c(Cl)c4)c4ccccc34)S2)cc1. The first-order valence-electron chi connectivity index (χ1n) is 11.0. The van der Waals surface area contributed by atoms with Gasteiger partial charge in [-0.15, -0.1) is 0 Å². The molecule has 0 spiro atoms. The van der Waals surface area contributed by atoms with E-state index in [1.807, 2.05) is 61.5 Å². The van der Waals surface area contributed by atoms with Gasteiger partial charge in [-0.05, 0) is 72.8 Å². The molecule has 1 saturated heterocycles. The third-order valence-corrected chi connectivity index (χ3v) is 7.12. The van der Waals surface area contributed by atoms with Crippen molar-refractivity contribution in [1.29, 1.82) is 0 Å². The Kier molecular flexibility index (Phi) is 6.86. The van der Waals surface area contributed by atoms with Gasteiger partial charge in [-0.2, -0.15) is 0 Å². The van der Waals surface area contributed by atoms with E-state index < -0.39 is 0 Å². The van der Waals surface area contributed by atoms with Crippen LogP contribution < -0.4 is 10.1 Å². The monoisotopic (exact) mass is 521 g/mol. The standard InChI is InChI=1S/C27H21Cl2N3O2S/c1-2-34-20-10-8-19(9-11-20)30-27-31-26(33)25(35-27)14-18-16-32(24-6-4-3-5-21(18)24)15-17-7-12-22(28)23(29)13-17/h3-14,16H,2,15H2,1H3,(H,30,31,33)/b25-14+. The normalized spacial score (nSPS) is 15.8. The van der Waals surface area contributed by atoms with Gasteiger partial charge in [0.2, 0.25) is 0 Å². The van der Waals surface area contributed by atoms with Crippen molar-refractivity contribution < 1.29 is 9.53 Å². The number of halogens is 2. The molecular formula is C27H21Cl2N3O2S. The van der Waals surface area contributed by atoms with E-state index in [-0.39, 0.29) is 5.91 Å². The zero-order valence-corrected chi connectivity index (χ0v) is 21.1. The number of ether oxygens (including phenoxy) is 1. The quantitative estimate of drug-likeness (QED) is 0.271. The number of thioether (sulfide) groups is 1. The maximum Gasteiger partial charge on any atom is 0.264 e. The van der Waals surface area contributed by atoms with Crippen molar-refractivity contribution in [3.63, 3.8) is 0 Å². The largest absolute Gasteiger partial charge is 0.494 e. The van der Waals surface area contributed by atoms with Gasteiger partial charge < -0.3 is 14.6 Å². The maximum atomic E-state index is 12.7. The topological polar surface area (TPSA) is 55.6 Å². The van der Waals surface area contributed by atoms with Crippen molar-refractivity contribution in [1.82, 2.24) is 9.88 Å². The number of para-hydroxylation sites is 1. The molecule has 1 aromatic heterocycles. The van der Waals surface area contributed by atoms with Crippen molar-refractivity contribution >= 4 is 68.7 Å². The summed E-state index contributed by atoms with van der Waals surface area (Å²) in [6, 6.07) is 21.2. The Bertz CT molecular complexity index is 1480. The fourth-order valence-electron chi connectivity index (χ4n) is 3.88. The highest BCUT2D eigenvalue weighted by molar-refractivity contribution is 8.18. The summed E-state index contributed by atoms with van der Waals surface area (Å²) in [5.41, 5.74) is 3.81. The summed E-state index contributed by atoms with van der Waals surface area (Å²) >= 11 is 13.6. The Balaban J connectivity index is 1.42.